The molecule has 2 heterocycles. The summed E-state index contributed by atoms with van der Waals surface area (Å²) < 4.78 is 35.9. The van der Waals surface area contributed by atoms with Crippen LogP contribution in [-0.2, 0) is 9.47 Å². The van der Waals surface area contributed by atoms with Crippen molar-refractivity contribution in [3.63, 3.8) is 0 Å². The third kappa shape index (κ3) is 5.97. The van der Waals surface area contributed by atoms with E-state index in [0.29, 0.717) is 9.13 Å². The lowest BCUT2D eigenvalue weighted by Gasteiger charge is -2.04. The smallest absolute Gasteiger partial charge is 0.343 e. The number of esters is 2. The van der Waals surface area contributed by atoms with E-state index in [9.17, 15) is 18.4 Å². The summed E-state index contributed by atoms with van der Waals surface area (Å²) in [6.45, 7) is 5.42. The van der Waals surface area contributed by atoms with Crippen molar-refractivity contribution in [2.75, 3.05) is 13.2 Å². The molecule has 0 unspecified atom stereocenters. The van der Waals surface area contributed by atoms with Crippen LogP contribution < -0.4 is 0 Å². The van der Waals surface area contributed by atoms with Crippen molar-refractivity contribution in [2.24, 2.45) is 0 Å². The summed E-state index contributed by atoms with van der Waals surface area (Å²) in [7, 11) is 0. The Bertz CT molecular complexity index is 681. The maximum atomic E-state index is 13.0. The molecular weight excluding hydrogens is 461 g/mol. The quantitative estimate of drug-likeness (QED) is 0.379. The number of ether oxygens (including phenoxy) is 2. The molecule has 26 heavy (non-hydrogen) atoms. The molecule has 140 valence electrons. The van der Waals surface area contributed by atoms with Gasteiger partial charge in [0.25, 0.3) is 0 Å². The minimum atomic E-state index is -0.787. The second-order valence-corrected chi connectivity index (χ2v) is 5.86. The second kappa shape index (κ2) is 10.7. The molecule has 2 aromatic heterocycles. The zero-order chi connectivity index (χ0) is 19.7. The molecule has 0 aliphatic carbocycles. The van der Waals surface area contributed by atoms with Gasteiger partial charge < -0.3 is 9.47 Å². The molecular formula is C17H17F2IN2O4. The van der Waals surface area contributed by atoms with E-state index >= 15 is 0 Å². The van der Waals surface area contributed by atoms with E-state index in [1.165, 1.54) is 12.4 Å². The van der Waals surface area contributed by atoms with Crippen molar-refractivity contribution < 1.29 is 27.8 Å². The molecule has 6 nitrogen and oxygen atoms in total. The van der Waals surface area contributed by atoms with Crippen LogP contribution >= 0.6 is 22.6 Å². The molecule has 0 spiro atoms. The van der Waals surface area contributed by atoms with Crippen LogP contribution in [0.15, 0.2) is 24.5 Å². The van der Waals surface area contributed by atoms with Crippen molar-refractivity contribution in [2.45, 2.75) is 20.8 Å². The van der Waals surface area contributed by atoms with E-state index < -0.39 is 23.8 Å². The molecule has 2 aromatic rings. The monoisotopic (exact) mass is 478 g/mol. The zero-order valence-electron chi connectivity index (χ0n) is 14.4. The van der Waals surface area contributed by atoms with E-state index in [-0.39, 0.29) is 24.3 Å². The number of pyridine rings is 2. The van der Waals surface area contributed by atoms with Crippen LogP contribution in [0.2, 0.25) is 0 Å². The summed E-state index contributed by atoms with van der Waals surface area (Å²) in [6, 6.07) is 3.12. The molecule has 0 saturated heterocycles. The van der Waals surface area contributed by atoms with Crippen molar-refractivity contribution >= 4 is 34.5 Å². The first-order chi connectivity index (χ1) is 12.3. The third-order valence-corrected chi connectivity index (χ3v) is 3.82. The van der Waals surface area contributed by atoms with Crippen LogP contribution in [0.5, 0.6) is 0 Å². The van der Waals surface area contributed by atoms with Crippen molar-refractivity contribution in [1.82, 2.24) is 9.97 Å². The van der Waals surface area contributed by atoms with Gasteiger partial charge in [-0.25, -0.2) is 19.6 Å². The van der Waals surface area contributed by atoms with Gasteiger partial charge in [0.1, 0.15) is 11.1 Å². The minimum Gasteiger partial charge on any atom is -0.462 e. The van der Waals surface area contributed by atoms with Gasteiger partial charge in [-0.1, -0.05) is 0 Å². The number of nitrogens with zero attached hydrogens (tertiary/aromatic N) is 2. The van der Waals surface area contributed by atoms with E-state index in [1.807, 2.05) is 22.6 Å². The topological polar surface area (TPSA) is 78.4 Å². The average molecular weight is 478 g/mol. The van der Waals surface area contributed by atoms with Crippen LogP contribution in [0, 0.1) is 22.4 Å². The third-order valence-electron chi connectivity index (χ3n) is 2.93. The molecule has 9 heteroatoms. The molecule has 2 rings (SSSR count). The van der Waals surface area contributed by atoms with Crippen LogP contribution in [0.4, 0.5) is 8.78 Å². The fourth-order valence-electron chi connectivity index (χ4n) is 1.77. The predicted octanol–water partition coefficient (Wildman–Crippen LogP) is 3.71. The van der Waals surface area contributed by atoms with Crippen LogP contribution in [0.3, 0.4) is 0 Å². The molecule has 0 radical (unpaired) electrons. The van der Waals surface area contributed by atoms with Gasteiger partial charge in [0.05, 0.1) is 13.2 Å². The number of aryl methyl sites for hydroxylation is 1. The van der Waals surface area contributed by atoms with Crippen LogP contribution in [-0.4, -0.2) is 35.1 Å². The Hall–Kier alpha value is -2.17. The first kappa shape index (κ1) is 21.9. The molecule has 0 aliphatic rings. The lowest BCUT2D eigenvalue weighted by molar-refractivity contribution is 0.0508. The van der Waals surface area contributed by atoms with Gasteiger partial charge in [0, 0.05) is 16.0 Å². The molecule has 0 bridgehead atoms. The summed E-state index contributed by atoms with van der Waals surface area (Å²) in [5.74, 6) is -2.90. The standard InChI is InChI=1S/C9H10FNO2.C8H7FINO2/c1-3-13-9(12)7-6(2)4-5-11-8(7)10;1-2-13-8(12)6-5(10)3-4-11-7(6)9/h4-5H,3H2,1-2H3;3-4H,2H2,1H3. The molecule has 0 saturated carbocycles. The van der Waals surface area contributed by atoms with Gasteiger partial charge in [-0.15, -0.1) is 0 Å². The lowest BCUT2D eigenvalue weighted by atomic mass is 10.1. The summed E-state index contributed by atoms with van der Waals surface area (Å²) in [5.41, 5.74) is 0.361. The van der Waals surface area contributed by atoms with Gasteiger partial charge >= 0.3 is 11.9 Å². The highest BCUT2D eigenvalue weighted by Gasteiger charge is 2.17. The Labute approximate surface area is 163 Å². The van der Waals surface area contributed by atoms with Crippen molar-refractivity contribution in [1.29, 1.82) is 0 Å². The maximum absolute atomic E-state index is 13.0. The SMILES string of the molecule is CCOC(=O)c1c(C)ccnc1F.CCOC(=O)c1c(I)ccnc1F. The Morgan fingerprint density at radius 1 is 0.962 bits per heavy atom. The summed E-state index contributed by atoms with van der Waals surface area (Å²) in [5, 5.41) is 0. The molecule has 0 N–H and O–H groups in total. The minimum absolute atomic E-state index is 0.0793. The van der Waals surface area contributed by atoms with Crippen LogP contribution in [0.1, 0.15) is 40.1 Å². The molecule has 0 aliphatic heterocycles. The highest BCUT2D eigenvalue weighted by atomic mass is 127. The van der Waals surface area contributed by atoms with E-state index in [2.05, 4.69) is 19.4 Å². The summed E-state index contributed by atoms with van der Waals surface area (Å²) in [6.07, 6.45) is 2.62. The fraction of sp³-hybridized carbons (Fsp3) is 0.294. The predicted molar refractivity (Wildman–Crippen MR) is 97.8 cm³/mol. The Morgan fingerprint density at radius 2 is 1.42 bits per heavy atom. The molecule has 0 aromatic carbocycles. The number of halogens is 3. The molecule has 0 amide bonds. The Balaban J connectivity index is 0.000000260. The van der Waals surface area contributed by atoms with E-state index in [0.717, 1.165) is 0 Å². The number of carbonyl (C=O) groups excluding carboxylic acids is 2. The number of hydrogen-bond donors (Lipinski definition) is 0. The van der Waals surface area contributed by atoms with Crippen molar-refractivity contribution in [3.8, 4) is 0 Å². The summed E-state index contributed by atoms with van der Waals surface area (Å²) >= 11 is 1.86. The molecule has 0 atom stereocenters. The summed E-state index contributed by atoms with van der Waals surface area (Å²) in [4.78, 5) is 29.1. The average Bonchev–Trinajstić information content (AvgIpc) is 2.55. The molecule has 0 fully saturated rings. The van der Waals surface area contributed by atoms with Gasteiger partial charge in [0.15, 0.2) is 0 Å². The van der Waals surface area contributed by atoms with Crippen molar-refractivity contribution in [3.05, 3.63) is 56.7 Å². The highest BCUT2D eigenvalue weighted by Crippen LogP contribution is 2.14. The van der Waals surface area contributed by atoms with Gasteiger partial charge in [-0.2, -0.15) is 8.78 Å². The zero-order valence-corrected chi connectivity index (χ0v) is 16.5. The first-order valence-electron chi connectivity index (χ1n) is 7.58. The fourth-order valence-corrected chi connectivity index (χ4v) is 2.38. The maximum Gasteiger partial charge on any atom is 0.343 e. The normalized spacial score (nSPS) is 9.77. The van der Waals surface area contributed by atoms with E-state index in [1.54, 1.807) is 32.9 Å². The lowest BCUT2D eigenvalue weighted by Crippen LogP contribution is -2.10. The number of hydrogen-bond acceptors (Lipinski definition) is 6. The Morgan fingerprint density at radius 3 is 1.88 bits per heavy atom. The largest absolute Gasteiger partial charge is 0.462 e. The number of rotatable bonds is 4. The van der Waals surface area contributed by atoms with E-state index in [4.69, 9.17) is 0 Å². The number of aromatic nitrogens is 2. The van der Waals surface area contributed by atoms with Gasteiger partial charge in [-0.3, -0.25) is 0 Å². The second-order valence-electron chi connectivity index (χ2n) is 4.69. The number of carbonyl (C=O) groups is 2. The van der Waals surface area contributed by atoms with Gasteiger partial charge in [0.2, 0.25) is 11.9 Å². The van der Waals surface area contributed by atoms with Gasteiger partial charge in [-0.05, 0) is 61.1 Å². The Kier molecular flexibility index (Phi) is 9.03. The first-order valence-corrected chi connectivity index (χ1v) is 8.66. The highest BCUT2D eigenvalue weighted by molar-refractivity contribution is 14.1. The van der Waals surface area contributed by atoms with Crippen LogP contribution in [0.25, 0.3) is 0 Å².